The van der Waals surface area contributed by atoms with Gasteiger partial charge in [-0.1, -0.05) is 66.7 Å². The van der Waals surface area contributed by atoms with Gasteiger partial charge < -0.3 is 0 Å². The third kappa shape index (κ3) is 3.10. The van der Waals surface area contributed by atoms with Crippen LogP contribution < -0.4 is 0 Å². The third-order valence-electron chi connectivity index (χ3n) is 3.56. The first-order chi connectivity index (χ1) is 10.7. The van der Waals surface area contributed by atoms with E-state index in [1.165, 1.54) is 10.8 Å². The van der Waals surface area contributed by atoms with Gasteiger partial charge in [-0.2, -0.15) is 0 Å². The largest absolute Gasteiger partial charge is 0.219 e. The Hall–Kier alpha value is -2.39. The Balaban J connectivity index is 1.85. The molecule has 0 atom stereocenters. The van der Waals surface area contributed by atoms with Gasteiger partial charge in [-0.15, -0.1) is 0 Å². The fourth-order valence-corrected chi connectivity index (χ4v) is 3.50. The highest BCUT2D eigenvalue weighted by Gasteiger charge is 2.08. The highest BCUT2D eigenvalue weighted by Crippen LogP contribution is 2.19. The zero-order valence-corrected chi connectivity index (χ0v) is 12.8. The van der Waals surface area contributed by atoms with Gasteiger partial charge in [-0.25, -0.2) is 8.42 Å². The number of allylic oxidation sites excluding steroid dienone is 1. The first-order valence-electron chi connectivity index (χ1n) is 7.10. The lowest BCUT2D eigenvalue weighted by molar-refractivity contribution is 0.604. The molecule has 0 aliphatic carbocycles. The predicted molar refractivity (Wildman–Crippen MR) is 90.4 cm³/mol. The van der Waals surface area contributed by atoms with E-state index in [9.17, 15) is 8.42 Å². The first-order valence-corrected chi connectivity index (χ1v) is 8.65. The molecule has 0 aliphatic rings. The second kappa shape index (κ2) is 6.16. The number of fused-ring (bicyclic) bond motifs is 1. The van der Waals surface area contributed by atoms with Crippen LogP contribution in [0.2, 0.25) is 0 Å². The fraction of sp³-hybridized carbons (Fsp3) is 0.0526. The second-order valence-electron chi connectivity index (χ2n) is 5.07. The van der Waals surface area contributed by atoms with Crippen LogP contribution in [0.15, 0.2) is 89.2 Å². The van der Waals surface area contributed by atoms with Crippen molar-refractivity contribution in [2.24, 2.45) is 0 Å². The van der Waals surface area contributed by atoms with E-state index >= 15 is 0 Å². The van der Waals surface area contributed by atoms with Crippen LogP contribution in [-0.4, -0.2) is 8.42 Å². The Morgan fingerprint density at radius 2 is 1.45 bits per heavy atom. The van der Waals surface area contributed by atoms with Crippen LogP contribution in [0.25, 0.3) is 10.8 Å². The molecule has 3 aromatic rings. The minimum atomic E-state index is -3.36. The molecule has 0 aromatic heterocycles. The van der Waals surface area contributed by atoms with Crippen molar-refractivity contribution in [1.29, 1.82) is 0 Å². The van der Waals surface area contributed by atoms with Crippen molar-refractivity contribution in [2.45, 2.75) is 11.3 Å². The molecule has 0 bridgehead atoms. The Morgan fingerprint density at radius 1 is 0.773 bits per heavy atom. The summed E-state index contributed by atoms with van der Waals surface area (Å²) < 4.78 is 24.4. The van der Waals surface area contributed by atoms with E-state index in [2.05, 4.69) is 18.2 Å². The fourth-order valence-electron chi connectivity index (χ4n) is 2.46. The minimum absolute atomic E-state index is 0.323. The topological polar surface area (TPSA) is 34.1 Å². The van der Waals surface area contributed by atoms with Crippen LogP contribution in [-0.2, 0) is 16.3 Å². The molecule has 0 fully saturated rings. The average Bonchev–Trinajstić information content (AvgIpc) is 2.56. The summed E-state index contributed by atoms with van der Waals surface area (Å²) >= 11 is 0. The Kier molecular flexibility index (Phi) is 4.07. The normalized spacial score (nSPS) is 12.0. The van der Waals surface area contributed by atoms with Gasteiger partial charge in [0, 0.05) is 5.41 Å². The van der Waals surface area contributed by atoms with Gasteiger partial charge in [0.25, 0.3) is 0 Å². The van der Waals surface area contributed by atoms with Crippen molar-refractivity contribution in [3.8, 4) is 0 Å². The molecular formula is C19H16O2S. The summed E-state index contributed by atoms with van der Waals surface area (Å²) in [6, 6.07) is 22.7. The van der Waals surface area contributed by atoms with Crippen LogP contribution >= 0.6 is 0 Å². The summed E-state index contributed by atoms with van der Waals surface area (Å²) in [6.07, 6.45) is 2.30. The smallest absolute Gasteiger partial charge is 0.199 e. The maximum Gasteiger partial charge on any atom is 0.199 e. The number of hydrogen-bond donors (Lipinski definition) is 0. The van der Waals surface area contributed by atoms with E-state index < -0.39 is 9.84 Å². The summed E-state index contributed by atoms with van der Waals surface area (Å²) in [5, 5.41) is 3.62. The highest BCUT2D eigenvalue weighted by atomic mass is 32.2. The summed E-state index contributed by atoms with van der Waals surface area (Å²) in [5.41, 5.74) is 1.12. The van der Waals surface area contributed by atoms with Gasteiger partial charge >= 0.3 is 0 Å². The molecule has 22 heavy (non-hydrogen) atoms. The summed E-state index contributed by atoms with van der Waals surface area (Å²) in [5.74, 6) is 0. The van der Waals surface area contributed by atoms with E-state index in [4.69, 9.17) is 0 Å². The Bertz CT molecular complexity index is 905. The van der Waals surface area contributed by atoms with Gasteiger partial charge in [0.2, 0.25) is 0 Å². The van der Waals surface area contributed by atoms with Gasteiger partial charge in [-0.3, -0.25) is 0 Å². The molecule has 0 N–H and O–H groups in total. The molecule has 110 valence electrons. The Labute approximate surface area is 130 Å². The molecule has 0 saturated carbocycles. The first kappa shape index (κ1) is 14.5. The number of rotatable bonds is 4. The zero-order chi connectivity index (χ0) is 15.4. The van der Waals surface area contributed by atoms with E-state index in [1.54, 1.807) is 36.4 Å². The zero-order valence-electron chi connectivity index (χ0n) is 12.0. The number of benzene rings is 3. The average molecular weight is 308 g/mol. The summed E-state index contributed by atoms with van der Waals surface area (Å²) in [4.78, 5) is 0.323. The van der Waals surface area contributed by atoms with Crippen molar-refractivity contribution < 1.29 is 8.42 Å². The molecule has 0 spiro atoms. The molecule has 0 aliphatic heterocycles. The SMILES string of the molecule is O=S(=O)(/C=C/Cc1cccc2ccccc12)c1ccccc1. The third-order valence-corrected chi connectivity index (χ3v) is 5.04. The molecule has 0 amide bonds. The maximum atomic E-state index is 12.2. The molecule has 0 unspecified atom stereocenters. The molecular weight excluding hydrogens is 292 g/mol. The van der Waals surface area contributed by atoms with Crippen molar-refractivity contribution in [3.63, 3.8) is 0 Å². The standard InChI is InChI=1S/C19H16O2S/c20-22(21,18-12-2-1-3-13-18)15-7-11-17-10-6-9-16-8-4-5-14-19(16)17/h1-10,12-15H,11H2/b15-7+. The summed E-state index contributed by atoms with van der Waals surface area (Å²) in [7, 11) is -3.36. The van der Waals surface area contributed by atoms with Crippen molar-refractivity contribution in [3.05, 3.63) is 89.8 Å². The lowest BCUT2D eigenvalue weighted by atomic mass is 10.0. The lowest BCUT2D eigenvalue weighted by Crippen LogP contribution is -1.96. The molecule has 0 radical (unpaired) electrons. The van der Waals surface area contributed by atoms with Crippen LogP contribution in [0.4, 0.5) is 0 Å². The number of hydrogen-bond acceptors (Lipinski definition) is 2. The molecule has 3 rings (SSSR count). The van der Waals surface area contributed by atoms with E-state index in [0.717, 1.165) is 10.9 Å². The molecule has 2 nitrogen and oxygen atoms in total. The molecule has 3 heteroatoms. The highest BCUT2D eigenvalue weighted by molar-refractivity contribution is 7.94. The second-order valence-corrected chi connectivity index (χ2v) is 6.91. The van der Waals surface area contributed by atoms with Crippen LogP contribution in [0, 0.1) is 0 Å². The van der Waals surface area contributed by atoms with Crippen LogP contribution in [0.3, 0.4) is 0 Å². The Morgan fingerprint density at radius 3 is 2.27 bits per heavy atom. The van der Waals surface area contributed by atoms with Gasteiger partial charge in [-0.05, 0) is 34.9 Å². The monoisotopic (exact) mass is 308 g/mol. The van der Waals surface area contributed by atoms with E-state index in [1.807, 2.05) is 24.3 Å². The molecule has 3 aromatic carbocycles. The maximum absolute atomic E-state index is 12.2. The van der Waals surface area contributed by atoms with Crippen molar-refractivity contribution in [2.75, 3.05) is 0 Å². The van der Waals surface area contributed by atoms with Crippen LogP contribution in [0.1, 0.15) is 5.56 Å². The quantitative estimate of drug-likeness (QED) is 0.717. The van der Waals surface area contributed by atoms with E-state index in [-0.39, 0.29) is 0 Å². The lowest BCUT2D eigenvalue weighted by Gasteiger charge is -2.03. The predicted octanol–water partition coefficient (Wildman–Crippen LogP) is 4.37. The van der Waals surface area contributed by atoms with Crippen molar-refractivity contribution >= 4 is 20.6 Å². The van der Waals surface area contributed by atoms with Gasteiger partial charge in [0.15, 0.2) is 9.84 Å². The van der Waals surface area contributed by atoms with Crippen molar-refractivity contribution in [1.82, 2.24) is 0 Å². The summed E-state index contributed by atoms with van der Waals surface area (Å²) in [6.45, 7) is 0. The number of sulfone groups is 1. The van der Waals surface area contributed by atoms with Gasteiger partial charge in [0.1, 0.15) is 0 Å². The van der Waals surface area contributed by atoms with Crippen LogP contribution in [0.5, 0.6) is 0 Å². The molecule has 0 heterocycles. The minimum Gasteiger partial charge on any atom is -0.219 e. The molecule has 0 saturated heterocycles. The van der Waals surface area contributed by atoms with Gasteiger partial charge in [0.05, 0.1) is 4.90 Å². The van der Waals surface area contributed by atoms with E-state index in [0.29, 0.717) is 11.3 Å².